The largest absolute Gasteiger partial charge is 0.486 e. The highest BCUT2D eigenvalue weighted by molar-refractivity contribution is 5.77. The van der Waals surface area contributed by atoms with Crippen molar-refractivity contribution in [2.75, 3.05) is 6.61 Å². The lowest BCUT2D eigenvalue weighted by molar-refractivity contribution is -0.118. The first-order valence-corrected chi connectivity index (χ1v) is 5.04. The van der Waals surface area contributed by atoms with Crippen LogP contribution >= 0.6 is 0 Å². The normalized spacial score (nSPS) is 11.9. The van der Waals surface area contributed by atoms with E-state index in [-0.39, 0.29) is 12.4 Å². The molecule has 0 saturated carbocycles. The molecule has 0 bridgehead atoms. The van der Waals surface area contributed by atoms with Gasteiger partial charge in [0.1, 0.15) is 18.6 Å². The van der Waals surface area contributed by atoms with Crippen LogP contribution in [0.5, 0.6) is 5.75 Å². The number of ether oxygens (including phenoxy) is 1. The van der Waals surface area contributed by atoms with Crippen molar-refractivity contribution < 1.29 is 14.3 Å². The Morgan fingerprint density at radius 1 is 1.44 bits per heavy atom. The molecule has 0 aliphatic heterocycles. The van der Waals surface area contributed by atoms with Crippen LogP contribution in [0.4, 0.5) is 0 Å². The summed E-state index contributed by atoms with van der Waals surface area (Å²) in [6, 6.07) is 6.72. The van der Waals surface area contributed by atoms with Crippen LogP contribution in [-0.2, 0) is 16.0 Å². The third-order valence-electron chi connectivity index (χ3n) is 2.01. The van der Waals surface area contributed by atoms with Crippen molar-refractivity contribution in [3.8, 4) is 5.75 Å². The van der Waals surface area contributed by atoms with Crippen molar-refractivity contribution in [1.29, 1.82) is 0 Å². The lowest BCUT2D eigenvalue weighted by atomic mass is 10.1. The average Bonchev–Trinajstić information content (AvgIpc) is 2.28. The molecule has 0 heterocycles. The maximum absolute atomic E-state index is 10.7. The highest BCUT2D eigenvalue weighted by Gasteiger charge is 2.02. The van der Waals surface area contributed by atoms with Crippen molar-refractivity contribution in [2.24, 2.45) is 5.73 Å². The number of rotatable bonds is 6. The van der Waals surface area contributed by atoms with Gasteiger partial charge < -0.3 is 15.3 Å². The number of hydrogen-bond acceptors (Lipinski definition) is 4. The van der Waals surface area contributed by atoms with Crippen molar-refractivity contribution in [3.63, 3.8) is 0 Å². The Hall–Kier alpha value is -1.68. The minimum atomic E-state index is -0.469. The Morgan fingerprint density at radius 2 is 2.06 bits per heavy atom. The van der Waals surface area contributed by atoms with Gasteiger partial charge in [0.05, 0.1) is 6.04 Å². The Kier molecular flexibility index (Phi) is 4.66. The van der Waals surface area contributed by atoms with Gasteiger partial charge in [-0.15, -0.1) is 0 Å². The Bertz CT molecular complexity index is 359. The fraction of sp³-hybridized carbons (Fsp3) is 0.333. The number of aldehydes is 1. The molecule has 1 atom stereocenters. The molecule has 1 aromatic rings. The Balaban J connectivity index is 2.53. The lowest BCUT2D eigenvalue weighted by Crippen LogP contribution is -2.23. The second-order valence-corrected chi connectivity index (χ2v) is 3.64. The van der Waals surface area contributed by atoms with E-state index in [1.165, 1.54) is 6.92 Å². The van der Waals surface area contributed by atoms with E-state index in [4.69, 9.17) is 10.5 Å². The first-order valence-electron chi connectivity index (χ1n) is 5.04. The monoisotopic (exact) mass is 221 g/mol. The van der Waals surface area contributed by atoms with E-state index in [1.807, 2.05) is 12.1 Å². The number of benzene rings is 1. The van der Waals surface area contributed by atoms with Crippen LogP contribution < -0.4 is 10.5 Å². The van der Waals surface area contributed by atoms with E-state index < -0.39 is 6.04 Å². The molecule has 0 saturated heterocycles. The summed E-state index contributed by atoms with van der Waals surface area (Å²) in [7, 11) is 0. The molecule has 0 radical (unpaired) electrons. The predicted molar refractivity (Wildman–Crippen MR) is 60.4 cm³/mol. The zero-order valence-electron chi connectivity index (χ0n) is 9.18. The molecule has 0 unspecified atom stereocenters. The third kappa shape index (κ3) is 4.23. The van der Waals surface area contributed by atoms with Crippen LogP contribution in [0.25, 0.3) is 0 Å². The molecule has 0 aromatic heterocycles. The van der Waals surface area contributed by atoms with Crippen molar-refractivity contribution in [2.45, 2.75) is 19.4 Å². The summed E-state index contributed by atoms with van der Waals surface area (Å²) in [5, 5.41) is 0. The van der Waals surface area contributed by atoms with Crippen molar-refractivity contribution in [3.05, 3.63) is 29.8 Å². The third-order valence-corrected chi connectivity index (χ3v) is 2.01. The predicted octanol–water partition coefficient (Wildman–Crippen LogP) is 0.723. The molecular formula is C12H15NO3. The van der Waals surface area contributed by atoms with Gasteiger partial charge in [-0.05, 0) is 31.0 Å². The number of nitrogens with two attached hydrogens (primary N) is 1. The second-order valence-electron chi connectivity index (χ2n) is 3.64. The second kappa shape index (κ2) is 6.02. The van der Waals surface area contributed by atoms with E-state index in [0.29, 0.717) is 12.2 Å². The highest BCUT2D eigenvalue weighted by Crippen LogP contribution is 2.12. The summed E-state index contributed by atoms with van der Waals surface area (Å²) in [6.07, 6.45) is 1.23. The van der Waals surface area contributed by atoms with E-state index in [1.54, 1.807) is 12.1 Å². The smallest absolute Gasteiger partial charge is 0.167 e. The quantitative estimate of drug-likeness (QED) is 0.719. The minimum Gasteiger partial charge on any atom is -0.486 e. The van der Waals surface area contributed by atoms with Gasteiger partial charge in [-0.1, -0.05) is 12.1 Å². The summed E-state index contributed by atoms with van der Waals surface area (Å²) in [6.45, 7) is 1.55. The SMILES string of the molecule is CC(=O)COc1ccc(C[C@H](N)C=O)cc1. The first kappa shape index (κ1) is 12.4. The molecule has 2 N–H and O–H groups in total. The molecular weight excluding hydrogens is 206 g/mol. The Morgan fingerprint density at radius 3 is 2.56 bits per heavy atom. The molecule has 1 rings (SSSR count). The van der Waals surface area contributed by atoms with E-state index in [9.17, 15) is 9.59 Å². The summed E-state index contributed by atoms with van der Waals surface area (Å²) in [5.74, 6) is 0.616. The van der Waals surface area contributed by atoms with E-state index in [0.717, 1.165) is 11.8 Å². The standard InChI is InChI=1S/C12H15NO3/c1-9(15)8-16-12-4-2-10(3-5-12)6-11(13)7-14/h2-5,7,11H,6,8,13H2,1H3/t11-/m0/s1. The van der Waals surface area contributed by atoms with Crippen LogP contribution in [0, 0.1) is 0 Å². The molecule has 4 heteroatoms. The van der Waals surface area contributed by atoms with Gasteiger partial charge in [-0.3, -0.25) is 4.79 Å². The van der Waals surface area contributed by atoms with Gasteiger partial charge >= 0.3 is 0 Å². The van der Waals surface area contributed by atoms with Crippen LogP contribution in [0.2, 0.25) is 0 Å². The maximum atomic E-state index is 10.7. The molecule has 0 aliphatic carbocycles. The first-order chi connectivity index (χ1) is 7.61. The molecule has 0 amide bonds. The Labute approximate surface area is 94.4 Å². The number of hydrogen-bond donors (Lipinski definition) is 1. The average molecular weight is 221 g/mol. The molecule has 16 heavy (non-hydrogen) atoms. The number of ketones is 1. The van der Waals surface area contributed by atoms with Crippen molar-refractivity contribution in [1.82, 2.24) is 0 Å². The molecule has 4 nitrogen and oxygen atoms in total. The van der Waals surface area contributed by atoms with E-state index in [2.05, 4.69) is 0 Å². The number of carbonyl (C=O) groups excluding carboxylic acids is 2. The van der Waals surface area contributed by atoms with Crippen LogP contribution in [0.1, 0.15) is 12.5 Å². The van der Waals surface area contributed by atoms with Gasteiger partial charge in [-0.25, -0.2) is 0 Å². The van der Waals surface area contributed by atoms with Gasteiger partial charge in [0, 0.05) is 0 Å². The van der Waals surface area contributed by atoms with Gasteiger partial charge in [0.25, 0.3) is 0 Å². The molecule has 86 valence electrons. The van der Waals surface area contributed by atoms with Gasteiger partial charge in [0.15, 0.2) is 5.78 Å². The molecule has 0 aliphatic rings. The summed E-state index contributed by atoms with van der Waals surface area (Å²) in [4.78, 5) is 21.1. The van der Waals surface area contributed by atoms with Crippen molar-refractivity contribution >= 4 is 12.1 Å². The number of carbonyl (C=O) groups is 2. The summed E-state index contributed by atoms with van der Waals surface area (Å²) >= 11 is 0. The lowest BCUT2D eigenvalue weighted by Gasteiger charge is -2.06. The van der Waals surface area contributed by atoms with Gasteiger partial charge in [0.2, 0.25) is 0 Å². The summed E-state index contributed by atoms with van der Waals surface area (Å²) in [5.41, 5.74) is 6.46. The fourth-order valence-electron chi connectivity index (χ4n) is 1.23. The topological polar surface area (TPSA) is 69.4 Å². The highest BCUT2D eigenvalue weighted by atomic mass is 16.5. The molecule has 0 fully saturated rings. The zero-order chi connectivity index (χ0) is 12.0. The minimum absolute atomic E-state index is 0.0212. The maximum Gasteiger partial charge on any atom is 0.167 e. The van der Waals surface area contributed by atoms with Crippen LogP contribution in [-0.4, -0.2) is 24.7 Å². The molecule has 1 aromatic carbocycles. The van der Waals surface area contributed by atoms with Crippen LogP contribution in [0.3, 0.4) is 0 Å². The molecule has 0 spiro atoms. The number of Topliss-reactive ketones (excluding diaryl/α,β-unsaturated/α-hetero) is 1. The fourth-order valence-corrected chi connectivity index (χ4v) is 1.23. The zero-order valence-corrected chi connectivity index (χ0v) is 9.18. The van der Waals surface area contributed by atoms with E-state index >= 15 is 0 Å². The summed E-state index contributed by atoms with van der Waals surface area (Å²) < 4.78 is 5.20. The van der Waals surface area contributed by atoms with Crippen LogP contribution in [0.15, 0.2) is 24.3 Å². The van der Waals surface area contributed by atoms with Gasteiger partial charge in [-0.2, -0.15) is 0 Å².